The highest BCUT2D eigenvalue weighted by Crippen LogP contribution is 2.23. The van der Waals surface area contributed by atoms with Crippen LogP contribution in [0.5, 0.6) is 0 Å². The molecule has 1 aromatic carbocycles. The van der Waals surface area contributed by atoms with Crippen molar-refractivity contribution in [2.24, 2.45) is 5.73 Å². The standard InChI is InChI=1S/C15H22N2O/c1-11-5-3-4-6-14(11)15(18)17(2)13-9-7-12(16)8-10-13/h3-6,12-13H,7-10,16H2,1-2H3. The molecule has 0 unspecified atom stereocenters. The summed E-state index contributed by atoms with van der Waals surface area (Å²) < 4.78 is 0. The van der Waals surface area contributed by atoms with Gasteiger partial charge in [0.15, 0.2) is 0 Å². The van der Waals surface area contributed by atoms with Crippen LogP contribution in [0.15, 0.2) is 24.3 Å². The number of benzene rings is 1. The Hall–Kier alpha value is -1.35. The predicted octanol–water partition coefficient (Wildman–Crippen LogP) is 2.34. The first-order chi connectivity index (χ1) is 8.59. The van der Waals surface area contributed by atoms with Crippen LogP contribution in [-0.4, -0.2) is 29.9 Å². The molecule has 0 aliphatic heterocycles. The molecule has 0 bridgehead atoms. The molecule has 3 nitrogen and oxygen atoms in total. The van der Waals surface area contributed by atoms with E-state index in [1.807, 2.05) is 43.1 Å². The minimum Gasteiger partial charge on any atom is -0.339 e. The topological polar surface area (TPSA) is 46.3 Å². The summed E-state index contributed by atoms with van der Waals surface area (Å²) in [5.41, 5.74) is 7.76. The first kappa shape index (κ1) is 13.1. The lowest BCUT2D eigenvalue weighted by Gasteiger charge is -2.33. The van der Waals surface area contributed by atoms with E-state index in [4.69, 9.17) is 5.73 Å². The van der Waals surface area contributed by atoms with E-state index in [0.29, 0.717) is 12.1 Å². The summed E-state index contributed by atoms with van der Waals surface area (Å²) in [5.74, 6) is 0.133. The van der Waals surface area contributed by atoms with Crippen LogP contribution in [0.3, 0.4) is 0 Å². The Bertz CT molecular complexity index is 422. The molecule has 1 aliphatic carbocycles. The molecule has 1 amide bonds. The summed E-state index contributed by atoms with van der Waals surface area (Å²) in [6, 6.07) is 8.44. The fourth-order valence-electron chi connectivity index (χ4n) is 2.66. The molecular weight excluding hydrogens is 224 g/mol. The Balaban J connectivity index is 2.07. The monoisotopic (exact) mass is 246 g/mol. The highest BCUT2D eigenvalue weighted by molar-refractivity contribution is 5.95. The van der Waals surface area contributed by atoms with Crippen molar-refractivity contribution in [3.8, 4) is 0 Å². The number of carbonyl (C=O) groups is 1. The molecule has 18 heavy (non-hydrogen) atoms. The van der Waals surface area contributed by atoms with E-state index in [1.165, 1.54) is 0 Å². The fourth-order valence-corrected chi connectivity index (χ4v) is 2.66. The van der Waals surface area contributed by atoms with Crippen molar-refractivity contribution in [1.82, 2.24) is 4.90 Å². The lowest BCUT2D eigenvalue weighted by Crippen LogP contribution is -2.42. The van der Waals surface area contributed by atoms with Gasteiger partial charge in [-0.15, -0.1) is 0 Å². The summed E-state index contributed by atoms with van der Waals surface area (Å²) in [7, 11) is 1.91. The smallest absolute Gasteiger partial charge is 0.254 e. The summed E-state index contributed by atoms with van der Waals surface area (Å²) in [6.07, 6.45) is 4.09. The summed E-state index contributed by atoms with van der Waals surface area (Å²) in [6.45, 7) is 1.98. The molecule has 1 aromatic rings. The van der Waals surface area contributed by atoms with Crippen LogP contribution in [0.2, 0.25) is 0 Å². The summed E-state index contributed by atoms with van der Waals surface area (Å²) >= 11 is 0. The van der Waals surface area contributed by atoms with Gasteiger partial charge in [0.25, 0.3) is 5.91 Å². The van der Waals surface area contributed by atoms with Crippen molar-refractivity contribution < 1.29 is 4.79 Å². The Morgan fingerprint density at radius 2 is 1.83 bits per heavy atom. The largest absolute Gasteiger partial charge is 0.339 e. The number of amides is 1. The molecule has 98 valence electrons. The molecule has 0 saturated heterocycles. The van der Waals surface area contributed by atoms with Gasteiger partial charge in [-0.3, -0.25) is 4.79 Å². The van der Waals surface area contributed by atoms with Crippen LogP contribution >= 0.6 is 0 Å². The van der Waals surface area contributed by atoms with Crippen molar-refractivity contribution in [3.05, 3.63) is 35.4 Å². The van der Waals surface area contributed by atoms with Gasteiger partial charge < -0.3 is 10.6 Å². The third kappa shape index (κ3) is 2.72. The van der Waals surface area contributed by atoms with Crippen molar-refractivity contribution in [2.75, 3.05) is 7.05 Å². The van der Waals surface area contributed by atoms with E-state index in [9.17, 15) is 4.79 Å². The van der Waals surface area contributed by atoms with Crippen LogP contribution in [0, 0.1) is 6.92 Å². The van der Waals surface area contributed by atoms with Crippen LogP contribution in [0.4, 0.5) is 0 Å². The van der Waals surface area contributed by atoms with Crippen molar-refractivity contribution in [3.63, 3.8) is 0 Å². The third-order valence-electron chi connectivity index (χ3n) is 3.98. The quantitative estimate of drug-likeness (QED) is 0.870. The summed E-state index contributed by atoms with van der Waals surface area (Å²) in [5, 5.41) is 0. The molecular formula is C15H22N2O. The molecule has 0 spiro atoms. The minimum atomic E-state index is 0.133. The molecule has 0 aromatic heterocycles. The van der Waals surface area contributed by atoms with Crippen molar-refractivity contribution in [1.29, 1.82) is 0 Å². The molecule has 2 N–H and O–H groups in total. The van der Waals surface area contributed by atoms with Gasteiger partial charge in [-0.1, -0.05) is 18.2 Å². The molecule has 1 fully saturated rings. The number of hydrogen-bond acceptors (Lipinski definition) is 2. The second-order valence-electron chi connectivity index (χ2n) is 5.30. The second-order valence-corrected chi connectivity index (χ2v) is 5.30. The van der Waals surface area contributed by atoms with E-state index < -0.39 is 0 Å². The number of nitrogens with zero attached hydrogens (tertiary/aromatic N) is 1. The average molecular weight is 246 g/mol. The fraction of sp³-hybridized carbons (Fsp3) is 0.533. The lowest BCUT2D eigenvalue weighted by molar-refractivity contribution is 0.0689. The van der Waals surface area contributed by atoms with Crippen LogP contribution in [0.25, 0.3) is 0 Å². The average Bonchev–Trinajstić information content (AvgIpc) is 2.38. The predicted molar refractivity (Wildman–Crippen MR) is 73.5 cm³/mol. The number of carbonyl (C=O) groups excluding carboxylic acids is 1. The minimum absolute atomic E-state index is 0.133. The number of nitrogens with two attached hydrogens (primary N) is 1. The van der Waals surface area contributed by atoms with Gasteiger partial charge in [0.2, 0.25) is 0 Å². The van der Waals surface area contributed by atoms with Gasteiger partial charge in [-0.2, -0.15) is 0 Å². The van der Waals surface area contributed by atoms with Gasteiger partial charge in [0, 0.05) is 24.7 Å². The van der Waals surface area contributed by atoms with Crippen molar-refractivity contribution >= 4 is 5.91 Å². The SMILES string of the molecule is Cc1ccccc1C(=O)N(C)C1CCC(N)CC1. The normalized spacial score (nSPS) is 23.7. The van der Waals surface area contributed by atoms with Gasteiger partial charge in [0.05, 0.1) is 0 Å². The van der Waals surface area contributed by atoms with Gasteiger partial charge in [-0.25, -0.2) is 0 Å². The van der Waals surface area contributed by atoms with Crippen LogP contribution in [-0.2, 0) is 0 Å². The van der Waals surface area contributed by atoms with E-state index in [-0.39, 0.29) is 5.91 Å². The number of hydrogen-bond donors (Lipinski definition) is 1. The maximum absolute atomic E-state index is 12.4. The molecule has 0 atom stereocenters. The molecule has 0 radical (unpaired) electrons. The molecule has 1 aliphatic rings. The Morgan fingerprint density at radius 3 is 2.44 bits per heavy atom. The van der Waals surface area contributed by atoms with E-state index >= 15 is 0 Å². The summed E-state index contributed by atoms with van der Waals surface area (Å²) in [4.78, 5) is 14.3. The van der Waals surface area contributed by atoms with Gasteiger partial charge >= 0.3 is 0 Å². The Kier molecular flexibility index (Phi) is 4.02. The van der Waals surface area contributed by atoms with Crippen LogP contribution < -0.4 is 5.73 Å². The molecule has 2 rings (SSSR count). The molecule has 3 heteroatoms. The molecule has 1 saturated carbocycles. The van der Waals surface area contributed by atoms with Crippen LogP contribution in [0.1, 0.15) is 41.6 Å². The zero-order valence-electron chi connectivity index (χ0n) is 11.2. The maximum Gasteiger partial charge on any atom is 0.254 e. The highest BCUT2D eigenvalue weighted by Gasteiger charge is 2.26. The van der Waals surface area contributed by atoms with E-state index in [0.717, 1.165) is 36.8 Å². The van der Waals surface area contributed by atoms with Crippen molar-refractivity contribution in [2.45, 2.75) is 44.7 Å². The number of aryl methyl sites for hydroxylation is 1. The first-order valence-corrected chi connectivity index (χ1v) is 6.68. The Morgan fingerprint density at radius 1 is 1.22 bits per heavy atom. The maximum atomic E-state index is 12.4. The van der Waals surface area contributed by atoms with Gasteiger partial charge in [-0.05, 0) is 44.2 Å². The van der Waals surface area contributed by atoms with Gasteiger partial charge in [0.1, 0.15) is 0 Å². The lowest BCUT2D eigenvalue weighted by atomic mass is 9.90. The molecule has 0 heterocycles. The third-order valence-corrected chi connectivity index (χ3v) is 3.98. The Labute approximate surface area is 109 Å². The second kappa shape index (κ2) is 5.53. The van der Waals surface area contributed by atoms with E-state index in [2.05, 4.69) is 0 Å². The first-order valence-electron chi connectivity index (χ1n) is 6.68. The zero-order valence-corrected chi connectivity index (χ0v) is 11.2. The van der Waals surface area contributed by atoms with E-state index in [1.54, 1.807) is 0 Å². The zero-order chi connectivity index (χ0) is 13.1. The highest BCUT2D eigenvalue weighted by atomic mass is 16.2. The number of rotatable bonds is 2.